The van der Waals surface area contributed by atoms with Crippen LogP contribution in [0.5, 0.6) is 0 Å². The molecule has 2 aromatic carbocycles. The molecule has 0 amide bonds. The van der Waals surface area contributed by atoms with E-state index in [1.54, 1.807) is 6.92 Å². The van der Waals surface area contributed by atoms with Gasteiger partial charge in [-0.2, -0.15) is 0 Å². The number of unbranched alkanes of at least 4 members (excludes halogenated alkanes) is 1. The van der Waals surface area contributed by atoms with E-state index in [0.29, 0.717) is 30.8 Å². The maximum Gasteiger partial charge on any atom is 0.333 e. The van der Waals surface area contributed by atoms with E-state index in [1.165, 1.54) is 0 Å². The van der Waals surface area contributed by atoms with E-state index in [2.05, 4.69) is 177 Å². The molecule has 1 saturated heterocycles. The molecule has 2 aromatic rings. The van der Waals surface area contributed by atoms with Gasteiger partial charge in [-0.05, 0) is 122 Å². The molecule has 0 aromatic heterocycles. The van der Waals surface area contributed by atoms with Crippen molar-refractivity contribution >= 4 is 47.1 Å². The summed E-state index contributed by atoms with van der Waals surface area (Å²) in [7, 11) is -8.14. The smallest absolute Gasteiger partial charge is 0.333 e. The molecular formula is C62H100O8Si3. The largest absolute Gasteiger partial charge is 0.457 e. The Hall–Kier alpha value is -3.27. The predicted octanol–water partition coefficient (Wildman–Crippen LogP) is 14.4. The fourth-order valence-electron chi connectivity index (χ4n) is 10.0. The van der Waals surface area contributed by atoms with Crippen LogP contribution < -0.4 is 10.4 Å². The second-order valence-corrected chi connectivity index (χ2v) is 37.8. The van der Waals surface area contributed by atoms with Gasteiger partial charge in [-0.1, -0.05) is 186 Å². The summed E-state index contributed by atoms with van der Waals surface area (Å²) in [5.41, 5.74) is 2.70. The van der Waals surface area contributed by atoms with Gasteiger partial charge >= 0.3 is 5.97 Å². The van der Waals surface area contributed by atoms with Crippen LogP contribution in [0.4, 0.5) is 0 Å². The number of carbonyl (C=O) groups is 2. The molecule has 0 spiro atoms. The number of ether oxygens (including phenoxy) is 2. The third-order valence-electron chi connectivity index (χ3n) is 16.0. The number of aliphatic hydroxyl groups excluding tert-OH is 1. The van der Waals surface area contributed by atoms with Crippen molar-refractivity contribution in [1.29, 1.82) is 0 Å². The predicted molar refractivity (Wildman–Crippen MR) is 314 cm³/mol. The lowest BCUT2D eigenvalue weighted by molar-refractivity contribution is -0.148. The van der Waals surface area contributed by atoms with Crippen molar-refractivity contribution in [3.8, 4) is 0 Å². The Morgan fingerprint density at radius 2 is 1.37 bits per heavy atom. The molecule has 73 heavy (non-hydrogen) atoms. The van der Waals surface area contributed by atoms with Gasteiger partial charge in [0, 0.05) is 12.0 Å². The molecule has 0 unspecified atom stereocenters. The van der Waals surface area contributed by atoms with Gasteiger partial charge in [0.25, 0.3) is 8.32 Å². The Bertz CT molecular complexity index is 2070. The number of Topliss-reactive ketones (excluding diaryl/α,β-unsaturated/α-hetero) is 1. The minimum absolute atomic E-state index is 0.0139. The van der Waals surface area contributed by atoms with Gasteiger partial charge in [-0.15, -0.1) is 13.2 Å². The van der Waals surface area contributed by atoms with Crippen LogP contribution in [-0.4, -0.2) is 85.0 Å². The average Bonchev–Trinajstić information content (AvgIpc) is 4.08. The van der Waals surface area contributed by atoms with Crippen molar-refractivity contribution in [2.24, 2.45) is 17.8 Å². The number of carbonyl (C=O) groups excluding carboxylic acids is 2. The fraction of sp³-hybridized carbons (Fsp3) is 0.613. The first kappa shape index (κ1) is 64.0. The molecule has 1 heterocycles. The Morgan fingerprint density at radius 3 is 1.85 bits per heavy atom. The quantitative estimate of drug-likeness (QED) is 0.0143. The summed E-state index contributed by atoms with van der Waals surface area (Å²) in [4.78, 5) is 29.5. The third-order valence-corrected chi connectivity index (χ3v) is 30.1. The van der Waals surface area contributed by atoms with Crippen LogP contribution >= 0.6 is 0 Å². The monoisotopic (exact) mass is 1060 g/mol. The number of ketones is 1. The molecule has 8 nitrogen and oxygen atoms in total. The third kappa shape index (κ3) is 18.5. The molecule has 1 fully saturated rings. The van der Waals surface area contributed by atoms with Crippen LogP contribution in [0.1, 0.15) is 142 Å². The molecule has 9 atom stereocenters. The second kappa shape index (κ2) is 28.7. The highest BCUT2D eigenvalue weighted by atomic mass is 28.4. The lowest BCUT2D eigenvalue weighted by Crippen LogP contribution is -2.67. The van der Waals surface area contributed by atoms with Gasteiger partial charge in [0.1, 0.15) is 18.3 Å². The zero-order valence-electron chi connectivity index (χ0n) is 48.5. The molecule has 0 saturated carbocycles. The molecule has 0 aliphatic carbocycles. The summed E-state index contributed by atoms with van der Waals surface area (Å²) in [5, 5.41) is 13.6. The Labute approximate surface area is 447 Å². The van der Waals surface area contributed by atoms with Crippen LogP contribution in [0.2, 0.25) is 41.3 Å². The van der Waals surface area contributed by atoms with Crippen LogP contribution in [0.15, 0.2) is 121 Å². The second-order valence-electron chi connectivity index (χ2n) is 24.0. The van der Waals surface area contributed by atoms with Crippen molar-refractivity contribution in [3.63, 3.8) is 0 Å². The van der Waals surface area contributed by atoms with E-state index in [-0.39, 0.29) is 52.9 Å². The normalized spacial score (nSPS) is 19.0. The van der Waals surface area contributed by atoms with Gasteiger partial charge in [0.15, 0.2) is 22.4 Å². The molecule has 0 bridgehead atoms. The van der Waals surface area contributed by atoms with Crippen LogP contribution in [0, 0.1) is 17.8 Å². The topological polar surface area (TPSA) is 104 Å². The van der Waals surface area contributed by atoms with Crippen LogP contribution in [0.3, 0.4) is 0 Å². The lowest BCUT2D eigenvalue weighted by Gasteiger charge is -2.46. The SMILES string of the molecule is C=CCC/C=C(\C)C(=O)O[C@@H](CO[Si](c1ccccc1)(c1ccccc1)C(C)(C)C)C[C@@H](C)[C@@H](O[Si](C)(C)C(C)(C)C)[C@H](O[Si](CC)(CC)CC)C(=O)C[C@H](O)C[C@H](C)/C(C)=C/C(=C)C[C@@H](C)C[C@@H]1O[C@H]1C=C. The van der Waals surface area contributed by atoms with E-state index < -0.39 is 55.3 Å². The van der Waals surface area contributed by atoms with Crippen molar-refractivity contribution in [2.75, 3.05) is 6.61 Å². The number of benzene rings is 2. The van der Waals surface area contributed by atoms with E-state index in [4.69, 9.17) is 22.8 Å². The van der Waals surface area contributed by atoms with Gasteiger partial charge in [0.05, 0.1) is 24.9 Å². The van der Waals surface area contributed by atoms with E-state index in [9.17, 15) is 9.90 Å². The highest BCUT2D eigenvalue weighted by Crippen LogP contribution is 2.42. The fourth-order valence-corrected chi connectivity index (χ4v) is 18.8. The van der Waals surface area contributed by atoms with Crippen molar-refractivity contribution in [3.05, 3.63) is 121 Å². The highest BCUT2D eigenvalue weighted by molar-refractivity contribution is 6.99. The molecule has 11 heteroatoms. The summed E-state index contributed by atoms with van der Waals surface area (Å²) in [6.45, 7) is 46.9. The standard InChI is InChI=1S/C62H100O8Si3/c1-20-25-28-33-47(8)60(65)67-52(44-66-73(62(15,16)17,53-34-29-26-30-35-53)54-36-31-27-32-37-54)42-50(11)58(69-71(18,19)61(12,13)14)59(70-72(22-3,23-4)24-5)55(64)43-51(63)41-49(10)48(9)39-45(6)38-46(7)40-57-56(21-2)68-57/h20-21,26-27,29-37,39,46,49-52,56-59,63H,1-2,6,22-25,28,38,40-44H2,3-5,7-19H3/b47-33+,48-39+/t46-,49+,50-,51-,52-,56+,57+,58-,59-/m1/s1. The van der Waals surface area contributed by atoms with Crippen molar-refractivity contribution in [2.45, 2.75) is 220 Å². The number of epoxide rings is 1. The summed E-state index contributed by atoms with van der Waals surface area (Å²) < 4.78 is 34.7. The minimum Gasteiger partial charge on any atom is -0.457 e. The zero-order chi connectivity index (χ0) is 55.0. The molecule has 0 radical (unpaired) electrons. The van der Waals surface area contributed by atoms with E-state index >= 15 is 4.79 Å². The Morgan fingerprint density at radius 1 is 0.808 bits per heavy atom. The van der Waals surface area contributed by atoms with Crippen molar-refractivity contribution < 1.29 is 37.4 Å². The highest BCUT2D eigenvalue weighted by Gasteiger charge is 2.52. The number of aliphatic hydroxyl groups is 1. The molecular weight excluding hydrogens is 957 g/mol. The maximum atomic E-state index is 15.3. The lowest BCUT2D eigenvalue weighted by atomic mass is 9.88. The first-order valence-corrected chi connectivity index (χ1v) is 34.9. The van der Waals surface area contributed by atoms with Crippen LogP contribution in [0.25, 0.3) is 0 Å². The average molecular weight is 1060 g/mol. The molecule has 1 N–H and O–H groups in total. The van der Waals surface area contributed by atoms with Gasteiger partial charge in [-0.25, -0.2) is 4.79 Å². The van der Waals surface area contributed by atoms with E-state index in [0.717, 1.165) is 58.9 Å². The van der Waals surface area contributed by atoms with Gasteiger partial charge in [-0.3, -0.25) is 4.79 Å². The number of esters is 1. The molecule has 408 valence electrons. The van der Waals surface area contributed by atoms with E-state index in [1.807, 2.05) is 30.4 Å². The summed E-state index contributed by atoms with van der Waals surface area (Å²) >= 11 is 0. The minimum atomic E-state index is -3.07. The number of hydrogen-bond donors (Lipinski definition) is 1. The van der Waals surface area contributed by atoms with Gasteiger partial charge < -0.3 is 27.9 Å². The summed E-state index contributed by atoms with van der Waals surface area (Å²) in [5.74, 6) is -0.460. The first-order valence-electron chi connectivity index (χ1n) is 27.6. The zero-order valence-corrected chi connectivity index (χ0v) is 51.5. The molecule has 3 rings (SSSR count). The van der Waals surface area contributed by atoms with Gasteiger partial charge in [0.2, 0.25) is 0 Å². The Kier molecular flexibility index (Phi) is 25.2. The summed E-state index contributed by atoms with van der Waals surface area (Å²) in [6.07, 6.45) is 8.89. The molecule has 1 aliphatic heterocycles. The summed E-state index contributed by atoms with van der Waals surface area (Å²) in [6, 6.07) is 23.5. The first-order chi connectivity index (χ1) is 34.1. The number of hydrogen-bond acceptors (Lipinski definition) is 8. The number of allylic oxidation sites excluding steroid dienone is 5. The Balaban J connectivity index is 2.12. The maximum absolute atomic E-state index is 15.3. The number of rotatable bonds is 33. The van der Waals surface area contributed by atoms with Crippen LogP contribution in [-0.2, 0) is 32.3 Å². The van der Waals surface area contributed by atoms with Crippen molar-refractivity contribution in [1.82, 2.24) is 0 Å². The molecule has 1 aliphatic rings.